The highest BCUT2D eigenvalue weighted by atomic mass is 35.5. The minimum absolute atomic E-state index is 0. The summed E-state index contributed by atoms with van der Waals surface area (Å²) in [4.78, 5) is 12.9. The summed E-state index contributed by atoms with van der Waals surface area (Å²) in [6.07, 6.45) is 10.9. The number of benzene rings is 1. The monoisotopic (exact) mass is 434 g/mol. The Morgan fingerprint density at radius 3 is 2.63 bits per heavy atom. The molecule has 168 valence electrons. The van der Waals surface area contributed by atoms with E-state index in [0.29, 0.717) is 22.5 Å². The Morgan fingerprint density at radius 2 is 1.97 bits per heavy atom. The van der Waals surface area contributed by atoms with Gasteiger partial charge in [0.2, 0.25) is 0 Å². The molecule has 1 amide bonds. The molecule has 1 aromatic rings. The van der Waals surface area contributed by atoms with Crippen molar-refractivity contribution in [3.8, 4) is 0 Å². The maximum Gasteiger partial charge on any atom is 0.252 e. The number of nitrogens with one attached hydrogen (secondary N) is 2. The molecule has 4 nitrogen and oxygen atoms in total. The van der Waals surface area contributed by atoms with Crippen LogP contribution in [0.15, 0.2) is 18.2 Å². The molecular formula is C25H39ClN2O2. The van der Waals surface area contributed by atoms with E-state index in [-0.39, 0.29) is 13.3 Å². The van der Waals surface area contributed by atoms with Gasteiger partial charge >= 0.3 is 0 Å². The van der Waals surface area contributed by atoms with Crippen LogP contribution in [0.2, 0.25) is 5.02 Å². The van der Waals surface area contributed by atoms with Gasteiger partial charge in [0.1, 0.15) is 0 Å². The van der Waals surface area contributed by atoms with Crippen molar-refractivity contribution >= 4 is 17.5 Å². The summed E-state index contributed by atoms with van der Waals surface area (Å²) in [5.41, 5.74) is 1.33. The third-order valence-electron chi connectivity index (χ3n) is 6.64. The van der Waals surface area contributed by atoms with Crippen LogP contribution in [0.25, 0.3) is 0 Å². The normalized spacial score (nSPS) is 23.5. The van der Waals surface area contributed by atoms with E-state index >= 15 is 0 Å². The number of aliphatic hydroxyl groups is 1. The van der Waals surface area contributed by atoms with Gasteiger partial charge in [-0.1, -0.05) is 50.8 Å². The second-order valence-corrected chi connectivity index (χ2v) is 10.4. The predicted molar refractivity (Wildman–Crippen MR) is 125 cm³/mol. The van der Waals surface area contributed by atoms with Crippen molar-refractivity contribution in [1.29, 1.82) is 0 Å². The molecule has 0 saturated heterocycles. The number of amides is 1. The standard InChI is InChI=1S/C24H37ClN2O2.CH2/c1-23(2,29)16-26-13-5-8-18-9-10-21(25)20(14-18)22(28)27-17-24-11-3-6-19(15-24)7-4-12-24;/h9-10,14,19,26,29H,3-8,11-13,15-17H2,1-2H3,(H,27,28);1H2. The Morgan fingerprint density at radius 1 is 1.27 bits per heavy atom. The molecule has 2 bridgehead atoms. The van der Waals surface area contributed by atoms with Crippen LogP contribution in [0, 0.1) is 18.8 Å². The molecule has 2 aliphatic rings. The molecule has 0 aromatic heterocycles. The van der Waals surface area contributed by atoms with Crippen molar-refractivity contribution in [1.82, 2.24) is 10.6 Å². The minimum Gasteiger partial charge on any atom is -0.389 e. The third-order valence-corrected chi connectivity index (χ3v) is 6.97. The fraction of sp³-hybridized carbons (Fsp3) is 0.680. The van der Waals surface area contributed by atoms with Gasteiger partial charge in [-0.25, -0.2) is 0 Å². The van der Waals surface area contributed by atoms with Gasteiger partial charge in [-0.2, -0.15) is 0 Å². The van der Waals surface area contributed by atoms with Crippen molar-refractivity contribution < 1.29 is 9.90 Å². The van der Waals surface area contributed by atoms with E-state index in [2.05, 4.69) is 10.6 Å². The Kier molecular flexibility index (Phi) is 9.20. The quantitative estimate of drug-likeness (QED) is 0.476. The number of carbonyl (C=O) groups is 1. The third kappa shape index (κ3) is 7.25. The fourth-order valence-corrected chi connectivity index (χ4v) is 5.35. The van der Waals surface area contributed by atoms with Gasteiger partial charge in [0, 0.05) is 13.1 Å². The first kappa shape index (κ1) is 25.2. The molecule has 0 unspecified atom stereocenters. The van der Waals surface area contributed by atoms with Gasteiger partial charge in [0.15, 0.2) is 0 Å². The number of rotatable bonds is 9. The first-order valence-electron chi connectivity index (χ1n) is 11.3. The summed E-state index contributed by atoms with van der Waals surface area (Å²) in [5, 5.41) is 16.7. The summed E-state index contributed by atoms with van der Waals surface area (Å²) < 4.78 is 0. The molecule has 2 aliphatic carbocycles. The van der Waals surface area contributed by atoms with Crippen molar-refractivity contribution in [2.45, 2.75) is 77.2 Å². The molecule has 2 saturated carbocycles. The Bertz CT molecular complexity index is 689. The van der Waals surface area contributed by atoms with E-state index in [1.165, 1.54) is 44.9 Å². The van der Waals surface area contributed by atoms with Crippen molar-refractivity contribution in [3.05, 3.63) is 41.8 Å². The number of aryl methyl sites for hydroxylation is 1. The fourth-order valence-electron chi connectivity index (χ4n) is 5.15. The smallest absolute Gasteiger partial charge is 0.252 e. The average molecular weight is 435 g/mol. The minimum atomic E-state index is -0.693. The van der Waals surface area contributed by atoms with Crippen LogP contribution in [0.1, 0.15) is 81.1 Å². The predicted octanol–water partition coefficient (Wildman–Crippen LogP) is 5.05. The number of hydrogen-bond acceptors (Lipinski definition) is 3. The van der Waals surface area contributed by atoms with Crippen LogP contribution in [0.3, 0.4) is 0 Å². The molecule has 30 heavy (non-hydrogen) atoms. The van der Waals surface area contributed by atoms with Crippen LogP contribution in [0.5, 0.6) is 0 Å². The molecule has 1 aromatic carbocycles. The van der Waals surface area contributed by atoms with Gasteiger partial charge < -0.3 is 15.7 Å². The Labute approximate surface area is 188 Å². The molecule has 3 rings (SSSR count). The lowest BCUT2D eigenvalue weighted by atomic mass is 9.62. The SMILES string of the molecule is CC(C)(O)CNCCCc1ccc(Cl)c(C(=O)NCC23CCCC(CCC2)C3)c1.[CH2]. The van der Waals surface area contributed by atoms with Gasteiger partial charge in [-0.05, 0) is 81.5 Å². The molecule has 3 N–H and O–H groups in total. The average Bonchev–Trinajstić information content (AvgIpc) is 2.66. The van der Waals surface area contributed by atoms with Gasteiger partial charge in [-0.3, -0.25) is 4.79 Å². The zero-order valence-electron chi connectivity index (χ0n) is 18.7. The number of carbonyl (C=O) groups excluding carboxylic acids is 1. The number of fused-ring (bicyclic) bond motifs is 2. The lowest BCUT2D eigenvalue weighted by molar-refractivity contribution is 0.0681. The van der Waals surface area contributed by atoms with E-state index in [0.717, 1.165) is 37.4 Å². The van der Waals surface area contributed by atoms with Crippen LogP contribution in [-0.2, 0) is 6.42 Å². The van der Waals surface area contributed by atoms with E-state index in [4.69, 9.17) is 11.6 Å². The van der Waals surface area contributed by atoms with E-state index in [1.807, 2.05) is 18.2 Å². The Hall–Kier alpha value is -1.10. The van der Waals surface area contributed by atoms with Crippen LogP contribution < -0.4 is 10.6 Å². The van der Waals surface area contributed by atoms with Gasteiger partial charge in [0.25, 0.3) is 5.91 Å². The van der Waals surface area contributed by atoms with E-state index < -0.39 is 5.60 Å². The second-order valence-electron chi connectivity index (χ2n) is 9.94. The molecule has 0 atom stereocenters. The summed E-state index contributed by atoms with van der Waals surface area (Å²) in [5.74, 6) is 0.824. The lowest BCUT2D eigenvalue weighted by Crippen LogP contribution is -2.43. The number of halogens is 1. The molecule has 0 spiro atoms. The highest BCUT2D eigenvalue weighted by Crippen LogP contribution is 2.48. The zero-order valence-corrected chi connectivity index (χ0v) is 19.5. The molecule has 2 fully saturated rings. The van der Waals surface area contributed by atoms with E-state index in [1.54, 1.807) is 13.8 Å². The van der Waals surface area contributed by atoms with E-state index in [9.17, 15) is 9.90 Å². The molecular weight excluding hydrogens is 396 g/mol. The molecule has 5 heteroatoms. The lowest BCUT2D eigenvalue weighted by Gasteiger charge is -2.45. The highest BCUT2D eigenvalue weighted by Gasteiger charge is 2.39. The van der Waals surface area contributed by atoms with Crippen LogP contribution in [0.4, 0.5) is 0 Å². The van der Waals surface area contributed by atoms with Gasteiger partial charge in [-0.15, -0.1) is 0 Å². The summed E-state index contributed by atoms with van der Waals surface area (Å²) >= 11 is 6.35. The zero-order chi connectivity index (χ0) is 20.9. The van der Waals surface area contributed by atoms with Crippen LogP contribution in [-0.4, -0.2) is 36.2 Å². The molecule has 2 radical (unpaired) electrons. The summed E-state index contributed by atoms with van der Waals surface area (Å²) in [6, 6.07) is 5.78. The van der Waals surface area contributed by atoms with Crippen molar-refractivity contribution in [2.24, 2.45) is 11.3 Å². The maximum atomic E-state index is 12.9. The largest absolute Gasteiger partial charge is 0.389 e. The molecule has 0 aliphatic heterocycles. The van der Waals surface area contributed by atoms with Gasteiger partial charge in [0.05, 0.1) is 16.2 Å². The first-order valence-corrected chi connectivity index (χ1v) is 11.6. The molecule has 0 heterocycles. The topological polar surface area (TPSA) is 61.4 Å². The second kappa shape index (κ2) is 11.0. The maximum absolute atomic E-state index is 12.9. The summed E-state index contributed by atoms with van der Waals surface area (Å²) in [6.45, 7) is 5.78. The first-order chi connectivity index (χ1) is 13.8. The number of hydrogen-bond donors (Lipinski definition) is 3. The van der Waals surface area contributed by atoms with Crippen molar-refractivity contribution in [2.75, 3.05) is 19.6 Å². The Balaban J connectivity index is 0.00000320. The van der Waals surface area contributed by atoms with Crippen LogP contribution >= 0.6 is 11.6 Å². The van der Waals surface area contributed by atoms with Crippen molar-refractivity contribution in [3.63, 3.8) is 0 Å². The highest BCUT2D eigenvalue weighted by molar-refractivity contribution is 6.33. The summed E-state index contributed by atoms with van der Waals surface area (Å²) in [7, 11) is 0.